The molecule has 112 valence electrons. The maximum Gasteiger partial charge on any atom is 0.230 e. The highest BCUT2D eigenvalue weighted by atomic mass is 32.2. The maximum atomic E-state index is 11.8. The van der Waals surface area contributed by atoms with Gasteiger partial charge >= 0.3 is 0 Å². The van der Waals surface area contributed by atoms with Gasteiger partial charge < -0.3 is 10.6 Å². The number of amides is 1. The predicted octanol–water partition coefficient (Wildman–Crippen LogP) is 2.80. The molecule has 0 bridgehead atoms. The average Bonchev–Trinajstić information content (AvgIpc) is 2.37. The van der Waals surface area contributed by atoms with E-state index in [2.05, 4.69) is 31.4 Å². The first-order valence-corrected chi connectivity index (χ1v) is 8.74. The second-order valence-electron chi connectivity index (χ2n) is 6.05. The van der Waals surface area contributed by atoms with Crippen LogP contribution >= 0.6 is 11.8 Å². The van der Waals surface area contributed by atoms with Crippen molar-refractivity contribution < 1.29 is 4.79 Å². The molecule has 1 rings (SSSR count). The van der Waals surface area contributed by atoms with Gasteiger partial charge in [0.1, 0.15) is 0 Å². The molecule has 1 unspecified atom stereocenters. The Morgan fingerprint density at radius 2 is 1.95 bits per heavy atom. The van der Waals surface area contributed by atoms with Gasteiger partial charge in [0.25, 0.3) is 0 Å². The van der Waals surface area contributed by atoms with Gasteiger partial charge in [-0.1, -0.05) is 26.7 Å². The minimum Gasteiger partial charge on any atom is -0.353 e. The first kappa shape index (κ1) is 16.8. The zero-order valence-corrected chi connectivity index (χ0v) is 13.5. The monoisotopic (exact) mass is 286 g/mol. The van der Waals surface area contributed by atoms with Crippen LogP contribution in [0.3, 0.4) is 0 Å². The van der Waals surface area contributed by atoms with E-state index in [1.807, 2.05) is 11.8 Å². The van der Waals surface area contributed by atoms with Gasteiger partial charge in [0, 0.05) is 11.3 Å². The Balaban J connectivity index is 2.05. The zero-order chi connectivity index (χ0) is 14.1. The second-order valence-corrected chi connectivity index (χ2v) is 7.34. The Kier molecular flexibility index (Phi) is 8.55. The van der Waals surface area contributed by atoms with E-state index in [-0.39, 0.29) is 5.91 Å². The summed E-state index contributed by atoms with van der Waals surface area (Å²) in [6.45, 7) is 8.82. The highest BCUT2D eigenvalue weighted by molar-refractivity contribution is 8.00. The van der Waals surface area contributed by atoms with Crippen molar-refractivity contribution in [2.45, 2.75) is 64.2 Å². The fourth-order valence-corrected chi connectivity index (χ4v) is 3.42. The number of hydrogen-bond donors (Lipinski definition) is 2. The third-order valence-electron chi connectivity index (χ3n) is 3.56. The molecule has 4 heteroatoms. The molecular weight excluding hydrogens is 256 g/mol. The van der Waals surface area contributed by atoms with Gasteiger partial charge in [0.15, 0.2) is 0 Å². The van der Waals surface area contributed by atoms with Gasteiger partial charge in [0.05, 0.1) is 5.75 Å². The van der Waals surface area contributed by atoms with Gasteiger partial charge in [-0.25, -0.2) is 0 Å². The Morgan fingerprint density at radius 3 is 2.58 bits per heavy atom. The highest BCUT2D eigenvalue weighted by Crippen LogP contribution is 2.19. The zero-order valence-electron chi connectivity index (χ0n) is 12.7. The second kappa shape index (κ2) is 9.65. The minimum absolute atomic E-state index is 0.209. The van der Waals surface area contributed by atoms with Crippen molar-refractivity contribution in [1.29, 1.82) is 0 Å². The molecule has 3 nitrogen and oxygen atoms in total. The Bertz CT molecular complexity index is 253. The normalized spacial score (nSPS) is 18.5. The van der Waals surface area contributed by atoms with Crippen molar-refractivity contribution in [3.05, 3.63) is 0 Å². The van der Waals surface area contributed by atoms with Crippen LogP contribution in [0.25, 0.3) is 0 Å². The van der Waals surface area contributed by atoms with Crippen LogP contribution in [0, 0.1) is 5.92 Å². The fourth-order valence-electron chi connectivity index (χ4n) is 2.38. The lowest BCUT2D eigenvalue weighted by Crippen LogP contribution is -2.35. The number of carbonyl (C=O) groups is 1. The first-order chi connectivity index (χ1) is 9.08. The lowest BCUT2D eigenvalue weighted by Gasteiger charge is -2.22. The summed E-state index contributed by atoms with van der Waals surface area (Å²) in [5.74, 6) is 1.60. The molecule has 1 saturated heterocycles. The number of nitrogens with one attached hydrogen (secondary N) is 2. The molecular formula is C15H30N2OS. The first-order valence-electron chi connectivity index (χ1n) is 7.69. The number of hydrogen-bond acceptors (Lipinski definition) is 3. The van der Waals surface area contributed by atoms with E-state index in [0.717, 1.165) is 25.4 Å². The van der Waals surface area contributed by atoms with Crippen molar-refractivity contribution >= 4 is 17.7 Å². The quantitative estimate of drug-likeness (QED) is 0.721. The number of piperidine rings is 1. The summed E-state index contributed by atoms with van der Waals surface area (Å²) in [6, 6.07) is 0.319. The Hall–Kier alpha value is -0.220. The largest absolute Gasteiger partial charge is 0.353 e. The summed E-state index contributed by atoms with van der Waals surface area (Å²) in [5, 5.41) is 7.14. The molecule has 0 aromatic carbocycles. The topological polar surface area (TPSA) is 41.1 Å². The molecule has 1 aliphatic rings. The van der Waals surface area contributed by atoms with Crippen LogP contribution in [0.4, 0.5) is 0 Å². The third kappa shape index (κ3) is 8.53. The predicted molar refractivity (Wildman–Crippen MR) is 84.6 cm³/mol. The molecule has 0 spiro atoms. The van der Waals surface area contributed by atoms with Crippen molar-refractivity contribution in [3.63, 3.8) is 0 Å². The van der Waals surface area contributed by atoms with E-state index < -0.39 is 0 Å². The van der Waals surface area contributed by atoms with E-state index in [9.17, 15) is 4.79 Å². The van der Waals surface area contributed by atoms with Crippen LogP contribution in [0.15, 0.2) is 0 Å². The van der Waals surface area contributed by atoms with Gasteiger partial charge in [0.2, 0.25) is 5.91 Å². The molecule has 0 aromatic rings. The summed E-state index contributed by atoms with van der Waals surface area (Å²) >= 11 is 1.82. The van der Waals surface area contributed by atoms with Crippen LogP contribution in [-0.4, -0.2) is 36.0 Å². The van der Waals surface area contributed by atoms with E-state index in [1.54, 1.807) is 0 Å². The van der Waals surface area contributed by atoms with Crippen LogP contribution in [0.2, 0.25) is 0 Å². The van der Waals surface area contributed by atoms with Crippen LogP contribution in [-0.2, 0) is 4.79 Å². The van der Waals surface area contributed by atoms with Crippen LogP contribution < -0.4 is 10.6 Å². The summed E-state index contributed by atoms with van der Waals surface area (Å²) in [7, 11) is 0. The molecule has 0 aliphatic carbocycles. The lowest BCUT2D eigenvalue weighted by molar-refractivity contribution is -0.119. The Labute approximate surface area is 122 Å². The summed E-state index contributed by atoms with van der Waals surface area (Å²) in [5.41, 5.74) is 0. The average molecular weight is 286 g/mol. The third-order valence-corrected chi connectivity index (χ3v) is 4.93. The number of rotatable bonds is 8. The summed E-state index contributed by atoms with van der Waals surface area (Å²) < 4.78 is 0. The molecule has 2 N–H and O–H groups in total. The highest BCUT2D eigenvalue weighted by Gasteiger charge is 2.15. The van der Waals surface area contributed by atoms with Gasteiger partial charge in [-0.3, -0.25) is 4.79 Å². The van der Waals surface area contributed by atoms with Crippen LogP contribution in [0.1, 0.15) is 52.9 Å². The standard InChI is InChI=1S/C15H30N2OS/c1-12(2)5-4-6-13(3)17-15(18)11-19-14-7-9-16-10-8-14/h12-14,16H,4-11H2,1-3H3,(H,17,18). The fraction of sp³-hybridized carbons (Fsp3) is 0.933. The van der Waals surface area contributed by atoms with Gasteiger partial charge in [-0.05, 0) is 45.2 Å². The molecule has 1 aliphatic heterocycles. The van der Waals surface area contributed by atoms with Crippen molar-refractivity contribution in [2.24, 2.45) is 5.92 Å². The molecule has 0 saturated carbocycles. The maximum absolute atomic E-state index is 11.8. The summed E-state index contributed by atoms with van der Waals surface area (Å²) in [6.07, 6.45) is 5.95. The van der Waals surface area contributed by atoms with E-state index in [0.29, 0.717) is 17.0 Å². The molecule has 0 radical (unpaired) electrons. The summed E-state index contributed by atoms with van der Waals surface area (Å²) in [4.78, 5) is 11.8. The number of carbonyl (C=O) groups excluding carboxylic acids is 1. The van der Waals surface area contributed by atoms with Crippen LogP contribution in [0.5, 0.6) is 0 Å². The molecule has 1 fully saturated rings. The Morgan fingerprint density at radius 1 is 1.26 bits per heavy atom. The molecule has 19 heavy (non-hydrogen) atoms. The van der Waals surface area contributed by atoms with Crippen molar-refractivity contribution in [1.82, 2.24) is 10.6 Å². The lowest BCUT2D eigenvalue weighted by atomic mass is 10.0. The molecule has 1 heterocycles. The SMILES string of the molecule is CC(C)CCCC(C)NC(=O)CSC1CCNCC1. The minimum atomic E-state index is 0.209. The van der Waals surface area contributed by atoms with E-state index >= 15 is 0 Å². The van der Waals surface area contributed by atoms with E-state index in [4.69, 9.17) is 0 Å². The molecule has 1 amide bonds. The smallest absolute Gasteiger partial charge is 0.230 e. The van der Waals surface area contributed by atoms with Gasteiger partial charge in [-0.2, -0.15) is 0 Å². The van der Waals surface area contributed by atoms with E-state index in [1.165, 1.54) is 25.7 Å². The van der Waals surface area contributed by atoms with Crippen molar-refractivity contribution in [2.75, 3.05) is 18.8 Å². The molecule has 1 atom stereocenters. The molecule has 0 aromatic heterocycles. The van der Waals surface area contributed by atoms with Gasteiger partial charge in [-0.15, -0.1) is 11.8 Å². The number of thioether (sulfide) groups is 1. The van der Waals surface area contributed by atoms with Crippen molar-refractivity contribution in [3.8, 4) is 0 Å².